The molecular formula is C23H23ClN2O2. The summed E-state index contributed by atoms with van der Waals surface area (Å²) in [6.07, 6.45) is 0. The fraction of sp³-hybridized carbons (Fsp3) is 0.174. The fourth-order valence-electron chi connectivity index (χ4n) is 2.98. The van der Waals surface area contributed by atoms with Crippen LogP contribution in [0, 0.1) is 0 Å². The molecule has 3 rings (SSSR count). The van der Waals surface area contributed by atoms with Crippen molar-refractivity contribution in [2.75, 3.05) is 12.4 Å². The van der Waals surface area contributed by atoms with Gasteiger partial charge in [-0.3, -0.25) is 10.1 Å². The van der Waals surface area contributed by atoms with Crippen molar-refractivity contribution in [1.82, 2.24) is 5.32 Å². The number of halogens is 1. The number of carbonyl (C=O) groups excluding carboxylic acids is 1. The van der Waals surface area contributed by atoms with Gasteiger partial charge in [0.25, 0.3) is 0 Å². The molecule has 28 heavy (non-hydrogen) atoms. The lowest BCUT2D eigenvalue weighted by Crippen LogP contribution is -2.34. The Morgan fingerprint density at radius 1 is 0.929 bits per heavy atom. The van der Waals surface area contributed by atoms with E-state index < -0.39 is 6.04 Å². The van der Waals surface area contributed by atoms with Gasteiger partial charge in [0, 0.05) is 22.8 Å². The minimum absolute atomic E-state index is 0.0430. The summed E-state index contributed by atoms with van der Waals surface area (Å²) in [7, 11) is 1.60. The van der Waals surface area contributed by atoms with Crippen LogP contribution in [-0.4, -0.2) is 13.0 Å². The number of amides is 1. The van der Waals surface area contributed by atoms with Gasteiger partial charge in [-0.2, -0.15) is 0 Å². The normalized spacial score (nSPS) is 12.8. The average molecular weight is 395 g/mol. The molecule has 3 aromatic carbocycles. The SMILES string of the molecule is COc1cccc(NC(=O)[C@@H](N[C@H](C)c2ccc(Cl)cc2)c2ccccc2)c1. The van der Waals surface area contributed by atoms with E-state index in [1.165, 1.54) is 0 Å². The zero-order valence-corrected chi connectivity index (χ0v) is 16.6. The molecule has 0 aliphatic carbocycles. The van der Waals surface area contributed by atoms with Crippen LogP contribution in [0.2, 0.25) is 5.02 Å². The lowest BCUT2D eigenvalue weighted by atomic mass is 10.0. The van der Waals surface area contributed by atoms with Gasteiger partial charge >= 0.3 is 0 Å². The number of hydrogen-bond donors (Lipinski definition) is 2. The molecule has 2 N–H and O–H groups in total. The third-order valence-corrected chi connectivity index (χ3v) is 4.77. The van der Waals surface area contributed by atoms with E-state index in [-0.39, 0.29) is 11.9 Å². The molecule has 0 aromatic heterocycles. The van der Waals surface area contributed by atoms with Crippen LogP contribution in [0.5, 0.6) is 5.75 Å². The monoisotopic (exact) mass is 394 g/mol. The number of hydrogen-bond acceptors (Lipinski definition) is 3. The van der Waals surface area contributed by atoms with Crippen LogP contribution >= 0.6 is 11.6 Å². The van der Waals surface area contributed by atoms with Crippen molar-refractivity contribution < 1.29 is 9.53 Å². The van der Waals surface area contributed by atoms with Crippen molar-refractivity contribution in [2.24, 2.45) is 0 Å². The van der Waals surface area contributed by atoms with Crippen LogP contribution in [0.4, 0.5) is 5.69 Å². The van der Waals surface area contributed by atoms with Crippen LogP contribution in [0.15, 0.2) is 78.9 Å². The minimum Gasteiger partial charge on any atom is -0.497 e. The maximum atomic E-state index is 13.1. The van der Waals surface area contributed by atoms with Crippen molar-refractivity contribution in [1.29, 1.82) is 0 Å². The molecule has 1 amide bonds. The Hall–Kier alpha value is -2.82. The van der Waals surface area contributed by atoms with E-state index in [4.69, 9.17) is 16.3 Å². The van der Waals surface area contributed by atoms with Crippen molar-refractivity contribution >= 4 is 23.2 Å². The van der Waals surface area contributed by atoms with Gasteiger partial charge in [-0.1, -0.05) is 60.1 Å². The lowest BCUT2D eigenvalue weighted by molar-refractivity contribution is -0.118. The number of carbonyl (C=O) groups is 1. The van der Waals surface area contributed by atoms with E-state index in [1.807, 2.05) is 79.7 Å². The van der Waals surface area contributed by atoms with Crippen LogP contribution < -0.4 is 15.4 Å². The Labute approximate surface area is 170 Å². The second kappa shape index (κ2) is 9.40. The number of methoxy groups -OCH3 is 1. The highest BCUT2D eigenvalue weighted by molar-refractivity contribution is 6.30. The van der Waals surface area contributed by atoms with E-state index in [0.717, 1.165) is 11.1 Å². The Kier molecular flexibility index (Phi) is 6.69. The Morgan fingerprint density at radius 3 is 2.32 bits per heavy atom. The predicted octanol–water partition coefficient (Wildman–Crippen LogP) is 5.38. The quantitative estimate of drug-likeness (QED) is 0.565. The average Bonchev–Trinajstić information content (AvgIpc) is 2.73. The second-order valence-corrected chi connectivity index (χ2v) is 6.94. The Morgan fingerprint density at radius 2 is 1.64 bits per heavy atom. The molecule has 0 saturated carbocycles. The van der Waals surface area contributed by atoms with Gasteiger partial charge in [0.05, 0.1) is 7.11 Å². The molecule has 0 saturated heterocycles. The number of anilines is 1. The summed E-state index contributed by atoms with van der Waals surface area (Å²) in [5.74, 6) is 0.553. The zero-order valence-electron chi connectivity index (χ0n) is 15.9. The summed E-state index contributed by atoms with van der Waals surface area (Å²) in [6, 6.07) is 24.0. The van der Waals surface area contributed by atoms with E-state index in [2.05, 4.69) is 10.6 Å². The molecular weight excluding hydrogens is 372 g/mol. The summed E-state index contributed by atoms with van der Waals surface area (Å²) < 4.78 is 5.24. The van der Waals surface area contributed by atoms with Crippen LogP contribution in [0.3, 0.4) is 0 Å². The van der Waals surface area contributed by atoms with Crippen LogP contribution in [0.25, 0.3) is 0 Å². The second-order valence-electron chi connectivity index (χ2n) is 6.50. The van der Waals surface area contributed by atoms with Crippen molar-refractivity contribution in [3.05, 3.63) is 95.0 Å². The van der Waals surface area contributed by atoms with Gasteiger partial charge in [-0.15, -0.1) is 0 Å². The van der Waals surface area contributed by atoms with Gasteiger partial charge in [-0.25, -0.2) is 0 Å². The van der Waals surface area contributed by atoms with Crippen molar-refractivity contribution in [2.45, 2.75) is 19.0 Å². The van der Waals surface area contributed by atoms with Gasteiger partial charge in [0.15, 0.2) is 0 Å². The van der Waals surface area contributed by atoms with Gasteiger partial charge in [0.2, 0.25) is 5.91 Å². The largest absolute Gasteiger partial charge is 0.497 e. The molecule has 2 atom stereocenters. The van der Waals surface area contributed by atoms with Gasteiger partial charge in [0.1, 0.15) is 11.8 Å². The molecule has 0 spiro atoms. The highest BCUT2D eigenvalue weighted by atomic mass is 35.5. The molecule has 3 aromatic rings. The maximum absolute atomic E-state index is 13.1. The van der Waals surface area contributed by atoms with Crippen molar-refractivity contribution in [3.8, 4) is 5.75 Å². The predicted molar refractivity (Wildman–Crippen MR) is 114 cm³/mol. The molecule has 0 fully saturated rings. The fourth-order valence-corrected chi connectivity index (χ4v) is 3.11. The summed E-state index contributed by atoms with van der Waals surface area (Å²) in [5, 5.41) is 7.10. The molecule has 0 unspecified atom stereocenters. The number of ether oxygens (including phenoxy) is 1. The highest BCUT2D eigenvalue weighted by Gasteiger charge is 2.23. The minimum atomic E-state index is -0.516. The summed E-state index contributed by atoms with van der Waals surface area (Å²) in [5.41, 5.74) is 2.63. The van der Waals surface area contributed by atoms with Gasteiger partial charge in [-0.05, 0) is 42.3 Å². The maximum Gasteiger partial charge on any atom is 0.246 e. The van der Waals surface area contributed by atoms with E-state index in [0.29, 0.717) is 16.5 Å². The summed E-state index contributed by atoms with van der Waals surface area (Å²) >= 11 is 5.99. The number of benzene rings is 3. The van der Waals surface area contributed by atoms with Crippen LogP contribution in [-0.2, 0) is 4.79 Å². The topological polar surface area (TPSA) is 50.4 Å². The smallest absolute Gasteiger partial charge is 0.246 e. The van der Waals surface area contributed by atoms with Crippen LogP contribution in [0.1, 0.15) is 30.1 Å². The molecule has 4 nitrogen and oxygen atoms in total. The molecule has 0 radical (unpaired) electrons. The first-order valence-corrected chi connectivity index (χ1v) is 9.46. The highest BCUT2D eigenvalue weighted by Crippen LogP contribution is 2.24. The van der Waals surface area contributed by atoms with E-state index in [1.54, 1.807) is 13.2 Å². The lowest BCUT2D eigenvalue weighted by Gasteiger charge is -2.24. The summed E-state index contributed by atoms with van der Waals surface area (Å²) in [4.78, 5) is 13.1. The van der Waals surface area contributed by atoms with E-state index >= 15 is 0 Å². The molecule has 5 heteroatoms. The first kappa shape index (κ1) is 19.9. The van der Waals surface area contributed by atoms with Crippen molar-refractivity contribution in [3.63, 3.8) is 0 Å². The standard InChI is InChI=1S/C23H23ClN2O2/c1-16(17-11-13-19(24)14-12-17)25-22(18-7-4-3-5-8-18)23(27)26-20-9-6-10-21(15-20)28-2/h3-16,22,25H,1-2H3,(H,26,27)/t16-,22+/m1/s1. The molecule has 0 aliphatic rings. The number of rotatable bonds is 7. The molecule has 0 aliphatic heterocycles. The molecule has 0 bridgehead atoms. The Balaban J connectivity index is 1.82. The molecule has 144 valence electrons. The number of nitrogens with one attached hydrogen (secondary N) is 2. The summed E-state index contributed by atoms with van der Waals surface area (Å²) in [6.45, 7) is 2.03. The third kappa shape index (κ3) is 5.12. The molecule has 0 heterocycles. The first-order chi connectivity index (χ1) is 13.6. The first-order valence-electron chi connectivity index (χ1n) is 9.08. The third-order valence-electron chi connectivity index (χ3n) is 4.52. The van der Waals surface area contributed by atoms with E-state index in [9.17, 15) is 4.79 Å². The Bertz CT molecular complexity index is 913. The van der Waals surface area contributed by atoms with Gasteiger partial charge < -0.3 is 10.1 Å². The zero-order chi connectivity index (χ0) is 19.9.